The molecule has 0 aliphatic heterocycles. The van der Waals surface area contributed by atoms with E-state index in [9.17, 15) is 0 Å². The van der Waals surface area contributed by atoms with Gasteiger partial charge in [0.1, 0.15) is 0 Å². The van der Waals surface area contributed by atoms with Crippen molar-refractivity contribution in [2.75, 3.05) is 9.80 Å². The van der Waals surface area contributed by atoms with Crippen molar-refractivity contribution in [2.24, 2.45) is 0 Å². The van der Waals surface area contributed by atoms with Crippen molar-refractivity contribution < 1.29 is 0 Å². The van der Waals surface area contributed by atoms with E-state index in [-0.39, 0.29) is 5.92 Å². The van der Waals surface area contributed by atoms with Gasteiger partial charge in [0.15, 0.2) is 0 Å². The number of hydrogen-bond acceptors (Lipinski definition) is 2. The molecule has 102 heavy (non-hydrogen) atoms. The van der Waals surface area contributed by atoms with E-state index in [0.29, 0.717) is 11.8 Å². The molecular formula is C100H84N2. The zero-order chi connectivity index (χ0) is 69.3. The topological polar surface area (TPSA) is 6.48 Å². The summed E-state index contributed by atoms with van der Waals surface area (Å²) < 4.78 is 0. The first-order valence-corrected chi connectivity index (χ1v) is 36.2. The van der Waals surface area contributed by atoms with Gasteiger partial charge in [-0.05, 0) is 233 Å². The molecule has 0 saturated carbocycles. The first-order valence-electron chi connectivity index (χ1n) is 36.2. The first-order chi connectivity index (χ1) is 50.2. The van der Waals surface area contributed by atoms with Crippen LogP contribution in [0, 0.1) is 6.92 Å². The van der Waals surface area contributed by atoms with Crippen LogP contribution in [0.3, 0.4) is 0 Å². The number of anilines is 6. The van der Waals surface area contributed by atoms with E-state index in [1.54, 1.807) is 0 Å². The molecule has 0 aliphatic carbocycles. The normalized spacial score (nSPS) is 11.9. The molecule has 2 atom stereocenters. The minimum Gasteiger partial charge on any atom is -0.311 e. The van der Waals surface area contributed by atoms with Crippen molar-refractivity contribution >= 4 is 34.1 Å². The Hall–Kier alpha value is -12.1. The van der Waals surface area contributed by atoms with Crippen LogP contribution in [0.15, 0.2) is 376 Å². The lowest BCUT2D eigenvalue weighted by molar-refractivity contribution is 0.733. The highest BCUT2D eigenvalue weighted by atomic mass is 15.1. The van der Waals surface area contributed by atoms with Gasteiger partial charge in [0, 0.05) is 40.0 Å². The Kier molecular flexibility index (Phi) is 19.5. The molecule has 0 amide bonds. The summed E-state index contributed by atoms with van der Waals surface area (Å²) >= 11 is 0. The summed E-state index contributed by atoms with van der Waals surface area (Å²) in [7, 11) is 0. The van der Waals surface area contributed by atoms with Crippen molar-refractivity contribution in [1.29, 1.82) is 0 Å². The SMILES string of the molecule is CCC(C)c1ccc(N(c2ccc(-c3ccc(C)cc3)cc2)c2ccc(-c3ccc(-c4ccc(N(c5ccc(-c6ccc(C(c7ccc(-c8cccc(-c9ccccc9)c8)cc7)c7ccc(-c8cccc(-c9ccccc9)c8)cc7)cc6)cc5)c5ccc(C(C)CC)cc5)cc4)cc3)cc2)cc1. The maximum absolute atomic E-state index is 2.38. The van der Waals surface area contributed by atoms with Crippen LogP contribution < -0.4 is 9.80 Å². The number of rotatable bonds is 21. The molecule has 15 aromatic rings. The highest BCUT2D eigenvalue weighted by molar-refractivity contribution is 5.84. The van der Waals surface area contributed by atoms with Crippen LogP contribution in [0.2, 0.25) is 0 Å². The van der Waals surface area contributed by atoms with Gasteiger partial charge in [0.05, 0.1) is 0 Å². The third kappa shape index (κ3) is 14.5. The molecule has 0 saturated heterocycles. The van der Waals surface area contributed by atoms with E-state index in [1.807, 2.05) is 0 Å². The maximum atomic E-state index is 2.38. The third-order valence-electron chi connectivity index (χ3n) is 20.8. The second-order valence-electron chi connectivity index (χ2n) is 27.3. The summed E-state index contributed by atoms with van der Waals surface area (Å²) in [6.45, 7) is 11.3. The van der Waals surface area contributed by atoms with Gasteiger partial charge in [-0.2, -0.15) is 0 Å². The van der Waals surface area contributed by atoms with Crippen LogP contribution in [0.5, 0.6) is 0 Å². The molecule has 0 spiro atoms. The lowest BCUT2D eigenvalue weighted by atomic mass is 9.83. The Labute approximate surface area is 603 Å². The number of nitrogens with zero attached hydrogens (tertiary/aromatic N) is 2. The van der Waals surface area contributed by atoms with E-state index >= 15 is 0 Å². The Bertz CT molecular complexity index is 5100. The zero-order valence-corrected chi connectivity index (χ0v) is 58.8. The monoisotopic (exact) mass is 1310 g/mol. The Morgan fingerprint density at radius 2 is 0.382 bits per heavy atom. The van der Waals surface area contributed by atoms with Crippen LogP contribution in [0.25, 0.3) is 89.0 Å². The molecule has 0 bridgehead atoms. The minimum absolute atomic E-state index is 0.00712. The summed E-state index contributed by atoms with van der Waals surface area (Å²) in [5.41, 5.74) is 33.5. The molecule has 15 aromatic carbocycles. The number of benzene rings is 15. The number of hydrogen-bond donors (Lipinski definition) is 0. The summed E-state index contributed by atoms with van der Waals surface area (Å²) in [5.74, 6) is 0.997. The molecule has 0 heterocycles. The van der Waals surface area contributed by atoms with Gasteiger partial charge in [-0.25, -0.2) is 0 Å². The van der Waals surface area contributed by atoms with Crippen molar-refractivity contribution in [1.82, 2.24) is 0 Å². The second-order valence-corrected chi connectivity index (χ2v) is 27.3. The molecule has 0 radical (unpaired) electrons. The fourth-order valence-corrected chi connectivity index (χ4v) is 14.3. The van der Waals surface area contributed by atoms with Crippen LogP contribution in [-0.2, 0) is 0 Å². The zero-order valence-electron chi connectivity index (χ0n) is 58.8. The van der Waals surface area contributed by atoms with Gasteiger partial charge in [-0.1, -0.05) is 324 Å². The lowest BCUT2D eigenvalue weighted by Gasteiger charge is -2.26. The van der Waals surface area contributed by atoms with Crippen molar-refractivity contribution in [3.05, 3.63) is 409 Å². The highest BCUT2D eigenvalue weighted by Gasteiger charge is 2.21. The quantitative estimate of drug-likeness (QED) is 0.0662. The lowest BCUT2D eigenvalue weighted by Crippen LogP contribution is -2.10. The van der Waals surface area contributed by atoms with E-state index in [2.05, 4.69) is 421 Å². The first kappa shape index (κ1) is 65.8. The van der Waals surface area contributed by atoms with Crippen LogP contribution in [0.4, 0.5) is 34.1 Å². The van der Waals surface area contributed by atoms with Gasteiger partial charge in [0.25, 0.3) is 0 Å². The molecule has 2 heteroatoms. The van der Waals surface area contributed by atoms with Crippen LogP contribution in [-0.4, -0.2) is 0 Å². The van der Waals surface area contributed by atoms with Gasteiger partial charge < -0.3 is 9.80 Å². The molecule has 0 aliphatic rings. The third-order valence-corrected chi connectivity index (χ3v) is 20.8. The van der Waals surface area contributed by atoms with E-state index in [4.69, 9.17) is 0 Å². The standard InChI is InChI=1S/C100H84N2/c1-6-71(4)73-44-56-94(57-45-73)101(96-60-48-81(49-61-96)77-26-24-70(3)25-27-77)97-62-50-82(51-63-97)78-28-30-79(31-29-78)83-52-64-98(65-53-83)102(95-58-46-74(47-59-95)72(5)7-2)99-66-54-84(55-67-99)80-32-38-87(39-33-80)100(88-40-34-85(35-41-88)92-22-14-20-90(68-92)75-16-10-8-11-17-75)89-42-36-86(37-43-89)93-23-15-21-91(69-93)76-18-12-9-13-19-76/h8-69,71-72,100H,6-7H2,1-5H3. The van der Waals surface area contributed by atoms with E-state index in [1.165, 1.54) is 117 Å². The predicted molar refractivity (Wildman–Crippen MR) is 435 cm³/mol. The van der Waals surface area contributed by atoms with Crippen molar-refractivity contribution in [2.45, 2.75) is 65.2 Å². The van der Waals surface area contributed by atoms with E-state index in [0.717, 1.165) is 52.5 Å². The molecule has 0 aromatic heterocycles. The molecule has 2 unspecified atom stereocenters. The molecule has 2 nitrogen and oxygen atoms in total. The summed E-state index contributed by atoms with van der Waals surface area (Å²) in [6, 6.07) is 139. The summed E-state index contributed by atoms with van der Waals surface area (Å²) in [5, 5.41) is 0. The Balaban J connectivity index is 0.684. The van der Waals surface area contributed by atoms with Crippen molar-refractivity contribution in [3.63, 3.8) is 0 Å². The van der Waals surface area contributed by atoms with Crippen LogP contribution >= 0.6 is 0 Å². The molecule has 0 fully saturated rings. The summed E-state index contributed by atoms with van der Waals surface area (Å²) in [4.78, 5) is 4.75. The smallest absolute Gasteiger partial charge is 0.0462 e. The van der Waals surface area contributed by atoms with Crippen molar-refractivity contribution in [3.8, 4) is 89.0 Å². The van der Waals surface area contributed by atoms with Gasteiger partial charge >= 0.3 is 0 Å². The highest BCUT2D eigenvalue weighted by Crippen LogP contribution is 2.43. The number of aryl methyl sites for hydroxylation is 1. The van der Waals surface area contributed by atoms with E-state index < -0.39 is 0 Å². The predicted octanol–water partition coefficient (Wildman–Crippen LogP) is 28.5. The fraction of sp³-hybridized carbons (Fsp3) is 0.100. The van der Waals surface area contributed by atoms with Gasteiger partial charge in [0.2, 0.25) is 0 Å². The average molecular weight is 1310 g/mol. The summed E-state index contributed by atoms with van der Waals surface area (Å²) in [6.07, 6.45) is 2.20. The largest absolute Gasteiger partial charge is 0.311 e. The van der Waals surface area contributed by atoms with Crippen LogP contribution in [0.1, 0.15) is 91.7 Å². The molecule has 15 rings (SSSR count). The fourth-order valence-electron chi connectivity index (χ4n) is 14.3. The van der Waals surface area contributed by atoms with Gasteiger partial charge in [-0.15, -0.1) is 0 Å². The second kappa shape index (κ2) is 30.2. The average Bonchev–Trinajstić information content (AvgIpc) is 0.800. The molecule has 0 N–H and O–H groups in total. The minimum atomic E-state index is 0.00712. The Morgan fingerprint density at radius 3 is 0.637 bits per heavy atom. The molecule has 494 valence electrons. The van der Waals surface area contributed by atoms with Gasteiger partial charge in [-0.3, -0.25) is 0 Å². The molecular weight excluding hydrogens is 1230 g/mol. The maximum Gasteiger partial charge on any atom is 0.0462 e. The Morgan fingerprint density at radius 1 is 0.196 bits per heavy atom.